The minimum Gasteiger partial charge on any atom is -0.493 e. The third-order valence-electron chi connectivity index (χ3n) is 2.78. The summed E-state index contributed by atoms with van der Waals surface area (Å²) in [6.45, 7) is 1.82. The highest BCUT2D eigenvalue weighted by Gasteiger charge is 2.17. The molecule has 2 rings (SSSR count). The molecule has 96 valence electrons. The molecular formula is C13H15NO4. The summed E-state index contributed by atoms with van der Waals surface area (Å²) in [6.07, 6.45) is 0. The van der Waals surface area contributed by atoms with E-state index in [-0.39, 0.29) is 5.56 Å². The maximum atomic E-state index is 11.9. The number of rotatable bonds is 3. The molecule has 0 saturated carbocycles. The molecule has 0 aliphatic heterocycles. The third-order valence-corrected chi connectivity index (χ3v) is 2.78. The van der Waals surface area contributed by atoms with Crippen LogP contribution in [-0.4, -0.2) is 26.3 Å². The SMILES string of the molecule is COc1cc2c(=O)[nH]c(C)cc2c(OC)c1OC. The Labute approximate surface area is 104 Å². The molecule has 5 heteroatoms. The summed E-state index contributed by atoms with van der Waals surface area (Å²) >= 11 is 0. The van der Waals surface area contributed by atoms with Gasteiger partial charge in [-0.3, -0.25) is 4.79 Å². The maximum absolute atomic E-state index is 11.9. The summed E-state index contributed by atoms with van der Waals surface area (Å²) in [7, 11) is 4.59. The van der Waals surface area contributed by atoms with E-state index in [1.807, 2.05) is 13.0 Å². The van der Waals surface area contributed by atoms with Gasteiger partial charge in [0.15, 0.2) is 11.5 Å². The number of aromatic amines is 1. The summed E-state index contributed by atoms with van der Waals surface area (Å²) in [5.41, 5.74) is 0.585. The van der Waals surface area contributed by atoms with Crippen LogP contribution < -0.4 is 19.8 Å². The first-order valence-electron chi connectivity index (χ1n) is 5.45. The lowest BCUT2D eigenvalue weighted by Crippen LogP contribution is -2.09. The van der Waals surface area contributed by atoms with Crippen molar-refractivity contribution in [3.8, 4) is 17.2 Å². The van der Waals surface area contributed by atoms with E-state index in [1.165, 1.54) is 21.3 Å². The predicted molar refractivity (Wildman–Crippen MR) is 69.0 cm³/mol. The van der Waals surface area contributed by atoms with Gasteiger partial charge in [0.05, 0.1) is 26.7 Å². The van der Waals surface area contributed by atoms with Gasteiger partial charge in [-0.05, 0) is 19.1 Å². The van der Waals surface area contributed by atoms with E-state index in [0.717, 1.165) is 5.69 Å². The van der Waals surface area contributed by atoms with Gasteiger partial charge in [0.25, 0.3) is 5.56 Å². The van der Waals surface area contributed by atoms with E-state index >= 15 is 0 Å². The van der Waals surface area contributed by atoms with Gasteiger partial charge in [0.2, 0.25) is 5.75 Å². The second kappa shape index (κ2) is 4.60. The normalized spacial score (nSPS) is 10.4. The topological polar surface area (TPSA) is 60.6 Å². The van der Waals surface area contributed by atoms with Crippen LogP contribution >= 0.6 is 0 Å². The first kappa shape index (κ1) is 12.3. The van der Waals surface area contributed by atoms with Crippen molar-refractivity contribution in [2.75, 3.05) is 21.3 Å². The fraction of sp³-hybridized carbons (Fsp3) is 0.308. The van der Waals surface area contributed by atoms with Crippen molar-refractivity contribution in [2.45, 2.75) is 6.92 Å². The molecule has 1 aromatic carbocycles. The molecule has 2 aromatic rings. The number of nitrogens with one attached hydrogen (secondary N) is 1. The molecule has 0 spiro atoms. The molecule has 0 radical (unpaired) electrons. The fourth-order valence-corrected chi connectivity index (χ4v) is 2.01. The van der Waals surface area contributed by atoms with Gasteiger partial charge in [0.1, 0.15) is 0 Å². The summed E-state index contributed by atoms with van der Waals surface area (Å²) in [5, 5.41) is 1.21. The monoisotopic (exact) mass is 249 g/mol. The Kier molecular flexibility index (Phi) is 3.14. The van der Waals surface area contributed by atoms with Gasteiger partial charge in [-0.25, -0.2) is 0 Å². The van der Waals surface area contributed by atoms with E-state index in [4.69, 9.17) is 14.2 Å². The summed E-state index contributed by atoms with van der Waals surface area (Å²) in [4.78, 5) is 14.7. The molecule has 0 aliphatic carbocycles. The zero-order valence-corrected chi connectivity index (χ0v) is 10.8. The van der Waals surface area contributed by atoms with Crippen LogP contribution in [0.15, 0.2) is 16.9 Å². The zero-order chi connectivity index (χ0) is 13.3. The van der Waals surface area contributed by atoms with Crippen molar-refractivity contribution in [1.29, 1.82) is 0 Å². The fourth-order valence-electron chi connectivity index (χ4n) is 2.01. The molecule has 0 unspecified atom stereocenters. The van der Waals surface area contributed by atoms with E-state index in [9.17, 15) is 4.79 Å². The first-order valence-corrected chi connectivity index (χ1v) is 5.45. The molecule has 18 heavy (non-hydrogen) atoms. The third kappa shape index (κ3) is 1.77. The lowest BCUT2D eigenvalue weighted by atomic mass is 10.1. The van der Waals surface area contributed by atoms with Crippen LogP contribution in [0.5, 0.6) is 17.2 Å². The predicted octanol–water partition coefficient (Wildman–Crippen LogP) is 1.86. The summed E-state index contributed by atoms with van der Waals surface area (Å²) in [6, 6.07) is 3.49. The van der Waals surface area contributed by atoms with Gasteiger partial charge in [-0.1, -0.05) is 0 Å². The van der Waals surface area contributed by atoms with Crippen molar-refractivity contribution >= 4 is 10.8 Å². The van der Waals surface area contributed by atoms with Gasteiger partial charge < -0.3 is 19.2 Å². The molecule has 1 aromatic heterocycles. The Morgan fingerprint density at radius 1 is 0.944 bits per heavy atom. The minimum atomic E-state index is -0.177. The minimum absolute atomic E-state index is 0.177. The van der Waals surface area contributed by atoms with Gasteiger partial charge >= 0.3 is 0 Å². The van der Waals surface area contributed by atoms with Crippen molar-refractivity contribution in [3.05, 3.63) is 28.2 Å². The summed E-state index contributed by atoms with van der Waals surface area (Å²) < 4.78 is 15.8. The Morgan fingerprint density at radius 3 is 2.17 bits per heavy atom. The molecule has 0 amide bonds. The number of hydrogen-bond donors (Lipinski definition) is 1. The van der Waals surface area contributed by atoms with Crippen molar-refractivity contribution < 1.29 is 14.2 Å². The number of methoxy groups -OCH3 is 3. The van der Waals surface area contributed by atoms with Crippen molar-refractivity contribution in [1.82, 2.24) is 4.98 Å². The van der Waals surface area contributed by atoms with Crippen LogP contribution in [0.2, 0.25) is 0 Å². The quantitative estimate of drug-likeness (QED) is 0.902. The van der Waals surface area contributed by atoms with E-state index in [2.05, 4.69) is 4.98 Å². The number of benzene rings is 1. The van der Waals surface area contributed by atoms with Crippen LogP contribution in [0.25, 0.3) is 10.8 Å². The van der Waals surface area contributed by atoms with E-state index < -0.39 is 0 Å². The average Bonchev–Trinajstić information content (AvgIpc) is 2.36. The number of hydrogen-bond acceptors (Lipinski definition) is 4. The molecule has 0 aliphatic rings. The van der Waals surface area contributed by atoms with Gasteiger partial charge in [-0.2, -0.15) is 0 Å². The highest BCUT2D eigenvalue weighted by atomic mass is 16.5. The second-order valence-electron chi connectivity index (χ2n) is 3.89. The Hall–Kier alpha value is -2.17. The smallest absolute Gasteiger partial charge is 0.256 e. The van der Waals surface area contributed by atoms with Crippen LogP contribution in [-0.2, 0) is 0 Å². The number of H-pyrrole nitrogens is 1. The number of fused-ring (bicyclic) bond motifs is 1. The van der Waals surface area contributed by atoms with Crippen LogP contribution in [0.3, 0.4) is 0 Å². The number of ether oxygens (including phenoxy) is 3. The Bertz CT molecular complexity index is 645. The summed E-state index contributed by atoms with van der Waals surface area (Å²) in [5.74, 6) is 1.45. The van der Waals surface area contributed by atoms with E-state index in [0.29, 0.717) is 28.0 Å². The van der Waals surface area contributed by atoms with Crippen molar-refractivity contribution in [3.63, 3.8) is 0 Å². The molecule has 1 heterocycles. The van der Waals surface area contributed by atoms with Crippen LogP contribution in [0, 0.1) is 6.92 Å². The van der Waals surface area contributed by atoms with E-state index in [1.54, 1.807) is 6.07 Å². The lowest BCUT2D eigenvalue weighted by Gasteiger charge is -2.14. The first-order chi connectivity index (χ1) is 8.62. The maximum Gasteiger partial charge on any atom is 0.256 e. The molecular weight excluding hydrogens is 234 g/mol. The van der Waals surface area contributed by atoms with Gasteiger partial charge in [-0.15, -0.1) is 0 Å². The zero-order valence-electron chi connectivity index (χ0n) is 10.8. The van der Waals surface area contributed by atoms with Gasteiger partial charge in [0, 0.05) is 11.1 Å². The van der Waals surface area contributed by atoms with Crippen LogP contribution in [0.1, 0.15) is 5.69 Å². The highest BCUT2D eigenvalue weighted by molar-refractivity contribution is 5.92. The number of aryl methyl sites for hydroxylation is 1. The largest absolute Gasteiger partial charge is 0.493 e. The second-order valence-corrected chi connectivity index (χ2v) is 3.89. The molecule has 1 N–H and O–H groups in total. The Morgan fingerprint density at radius 2 is 1.61 bits per heavy atom. The molecule has 0 bridgehead atoms. The molecule has 5 nitrogen and oxygen atoms in total. The molecule has 0 fully saturated rings. The van der Waals surface area contributed by atoms with Crippen molar-refractivity contribution in [2.24, 2.45) is 0 Å². The van der Waals surface area contributed by atoms with Crippen LogP contribution in [0.4, 0.5) is 0 Å². The Balaban J connectivity index is 2.97. The molecule has 0 saturated heterocycles. The standard InChI is InChI=1S/C13H15NO4/c1-7-5-8-9(13(15)14-7)6-10(16-2)12(18-4)11(8)17-3/h5-6H,1-4H3,(H,14,15). The average molecular weight is 249 g/mol. The molecule has 0 atom stereocenters. The lowest BCUT2D eigenvalue weighted by molar-refractivity contribution is 0.327. The number of aromatic nitrogens is 1. The number of pyridine rings is 1. The highest BCUT2D eigenvalue weighted by Crippen LogP contribution is 2.42.